The molecule has 20 heavy (non-hydrogen) atoms. The van der Waals surface area contributed by atoms with Crippen molar-refractivity contribution in [2.24, 2.45) is 0 Å². The van der Waals surface area contributed by atoms with Crippen LogP contribution in [-0.4, -0.2) is 65.2 Å². The molecular formula is C9H12N6O4S. The summed E-state index contributed by atoms with van der Waals surface area (Å²) in [4.78, 5) is 6.56. The number of nitrogens with one attached hydrogen (secondary N) is 1. The van der Waals surface area contributed by atoms with E-state index in [0.717, 1.165) is 0 Å². The van der Waals surface area contributed by atoms with E-state index in [0.29, 0.717) is 11.2 Å². The lowest BCUT2D eigenvalue weighted by atomic mass is 10.1. The predicted octanol–water partition coefficient (Wildman–Crippen LogP) is -1.92. The van der Waals surface area contributed by atoms with Crippen LogP contribution < -0.4 is 5.73 Å². The Hall–Kier alpha value is -1.66. The average molecular weight is 300 g/mol. The van der Waals surface area contributed by atoms with E-state index in [1.807, 2.05) is 0 Å². The lowest BCUT2D eigenvalue weighted by Gasteiger charge is -2.14. The first-order valence-corrected chi connectivity index (χ1v) is 6.17. The molecule has 1 fully saturated rings. The predicted molar refractivity (Wildman–Crippen MR) is 67.9 cm³/mol. The van der Waals surface area contributed by atoms with Crippen molar-refractivity contribution >= 4 is 29.3 Å². The lowest BCUT2D eigenvalue weighted by molar-refractivity contribution is -0.0574. The topological polar surface area (TPSA) is 155 Å². The first kappa shape index (κ1) is 13.3. The third-order valence-corrected chi connectivity index (χ3v) is 3.41. The zero-order valence-corrected chi connectivity index (χ0v) is 10.9. The molecule has 2 aromatic rings. The second kappa shape index (κ2) is 4.71. The molecule has 0 aliphatic carbocycles. The molecule has 0 bridgehead atoms. The van der Waals surface area contributed by atoms with Gasteiger partial charge in [-0.1, -0.05) is 17.4 Å². The van der Waals surface area contributed by atoms with Gasteiger partial charge in [-0.05, 0) is 0 Å². The van der Waals surface area contributed by atoms with Crippen LogP contribution >= 0.6 is 12.2 Å². The zero-order valence-electron chi connectivity index (χ0n) is 10.0. The van der Waals surface area contributed by atoms with Crippen LogP contribution in [0.2, 0.25) is 0 Å². The van der Waals surface area contributed by atoms with Crippen molar-refractivity contribution in [3.8, 4) is 0 Å². The van der Waals surface area contributed by atoms with Gasteiger partial charge < -0.3 is 30.8 Å². The van der Waals surface area contributed by atoms with E-state index >= 15 is 0 Å². The van der Waals surface area contributed by atoms with Crippen LogP contribution in [0.3, 0.4) is 0 Å². The maximum atomic E-state index is 9.97. The van der Waals surface area contributed by atoms with Crippen molar-refractivity contribution in [1.29, 1.82) is 0 Å². The van der Waals surface area contributed by atoms with Crippen LogP contribution in [0.5, 0.6) is 0 Å². The number of rotatable bonds is 2. The fraction of sp³-hybridized carbons (Fsp3) is 0.556. The average Bonchev–Trinajstić information content (AvgIpc) is 2.93. The summed E-state index contributed by atoms with van der Waals surface area (Å²) in [6.07, 6.45) is -4.42. The maximum absolute atomic E-state index is 9.97. The second-order valence-electron chi connectivity index (χ2n) is 4.39. The molecule has 1 aliphatic rings. The molecule has 10 nitrogen and oxygen atoms in total. The molecular weight excluding hydrogens is 288 g/mol. The lowest BCUT2D eigenvalue weighted by Crippen LogP contribution is -2.33. The van der Waals surface area contributed by atoms with Gasteiger partial charge in [0.2, 0.25) is 5.95 Å². The van der Waals surface area contributed by atoms with Gasteiger partial charge in [-0.2, -0.15) is 4.68 Å². The summed E-state index contributed by atoms with van der Waals surface area (Å²) in [7, 11) is 0. The molecule has 6 N–H and O–H groups in total. The number of hydrogen-bond donors (Lipinski definition) is 5. The normalized spacial score (nSPS) is 30.1. The number of anilines is 1. The molecule has 1 saturated heterocycles. The largest absolute Gasteiger partial charge is 0.394 e. The summed E-state index contributed by atoms with van der Waals surface area (Å²) in [6, 6.07) is 0. The van der Waals surface area contributed by atoms with Crippen LogP contribution in [0, 0.1) is 4.64 Å². The number of nitrogens with two attached hydrogens (primary N) is 1. The Morgan fingerprint density at radius 1 is 1.40 bits per heavy atom. The highest BCUT2D eigenvalue weighted by atomic mass is 32.1. The standard InChI is InChI=1S/C9H12N6O4S/c10-9-11-6-3(7(20)12-9)13-14-15(6)8-5(18)4(17)2(1-16)19-8/h2,4-5,8,16-18H,1H2,(H3,10,11,12,20). The number of aromatic amines is 1. The molecule has 3 heterocycles. The third kappa shape index (κ3) is 1.87. The molecule has 0 radical (unpaired) electrons. The SMILES string of the molecule is Nc1nc(=S)c2nnn(C3OC(CO)C(O)C3O)c2[nH]1. The molecule has 4 unspecified atom stereocenters. The number of aromatic nitrogens is 5. The monoisotopic (exact) mass is 300 g/mol. The zero-order chi connectivity index (χ0) is 14.4. The van der Waals surface area contributed by atoms with Crippen LogP contribution in [0.4, 0.5) is 5.95 Å². The number of nitrogen functional groups attached to an aromatic ring is 1. The molecule has 0 amide bonds. The van der Waals surface area contributed by atoms with Crippen molar-refractivity contribution in [2.75, 3.05) is 12.3 Å². The Labute approximate surface area is 116 Å². The summed E-state index contributed by atoms with van der Waals surface area (Å²) < 4.78 is 6.74. The summed E-state index contributed by atoms with van der Waals surface area (Å²) in [5.74, 6) is 0.0674. The Morgan fingerprint density at radius 3 is 2.80 bits per heavy atom. The molecule has 4 atom stereocenters. The Balaban J connectivity index is 2.09. The molecule has 1 aliphatic heterocycles. The number of H-pyrrole nitrogens is 1. The van der Waals surface area contributed by atoms with Crippen molar-refractivity contribution in [2.45, 2.75) is 24.5 Å². The molecule has 11 heteroatoms. The highest BCUT2D eigenvalue weighted by Crippen LogP contribution is 2.30. The number of nitrogens with zero attached hydrogens (tertiary/aromatic N) is 4. The van der Waals surface area contributed by atoms with E-state index in [4.69, 9.17) is 27.8 Å². The Kier molecular flexibility index (Phi) is 3.14. The number of fused-ring (bicyclic) bond motifs is 1. The van der Waals surface area contributed by atoms with Crippen LogP contribution in [0.1, 0.15) is 6.23 Å². The molecule has 3 rings (SSSR count). The van der Waals surface area contributed by atoms with Gasteiger partial charge in [0.05, 0.1) is 6.61 Å². The minimum atomic E-state index is -1.27. The Morgan fingerprint density at radius 2 is 2.15 bits per heavy atom. The molecule has 2 aromatic heterocycles. The summed E-state index contributed by atoms with van der Waals surface area (Å²) in [5.41, 5.74) is 6.19. The number of ether oxygens (including phenoxy) is 1. The van der Waals surface area contributed by atoms with Crippen molar-refractivity contribution in [3.05, 3.63) is 4.64 Å². The minimum absolute atomic E-state index is 0.0674. The van der Waals surface area contributed by atoms with Gasteiger partial charge in [0.25, 0.3) is 0 Å². The second-order valence-corrected chi connectivity index (χ2v) is 4.77. The maximum Gasteiger partial charge on any atom is 0.200 e. The van der Waals surface area contributed by atoms with Crippen LogP contribution in [-0.2, 0) is 4.74 Å². The van der Waals surface area contributed by atoms with Gasteiger partial charge in [-0.15, -0.1) is 5.10 Å². The first-order chi connectivity index (χ1) is 9.52. The quantitative estimate of drug-likeness (QED) is 0.399. The van der Waals surface area contributed by atoms with Crippen molar-refractivity contribution < 1.29 is 20.1 Å². The van der Waals surface area contributed by atoms with E-state index in [2.05, 4.69) is 20.3 Å². The van der Waals surface area contributed by atoms with Gasteiger partial charge in [-0.25, -0.2) is 4.98 Å². The van der Waals surface area contributed by atoms with E-state index in [-0.39, 0.29) is 10.6 Å². The van der Waals surface area contributed by atoms with Gasteiger partial charge >= 0.3 is 0 Å². The highest BCUT2D eigenvalue weighted by molar-refractivity contribution is 7.71. The molecule has 0 aromatic carbocycles. The van der Waals surface area contributed by atoms with Crippen molar-refractivity contribution in [3.63, 3.8) is 0 Å². The van der Waals surface area contributed by atoms with Crippen molar-refractivity contribution in [1.82, 2.24) is 25.0 Å². The van der Waals surface area contributed by atoms with E-state index < -0.39 is 31.1 Å². The van der Waals surface area contributed by atoms with Crippen LogP contribution in [0.15, 0.2) is 0 Å². The molecule has 0 spiro atoms. The fourth-order valence-electron chi connectivity index (χ4n) is 2.13. The Bertz CT molecular complexity index is 701. The highest BCUT2D eigenvalue weighted by Gasteiger charge is 2.44. The minimum Gasteiger partial charge on any atom is -0.394 e. The fourth-order valence-corrected chi connectivity index (χ4v) is 2.36. The smallest absolute Gasteiger partial charge is 0.200 e. The summed E-state index contributed by atoms with van der Waals surface area (Å²) >= 11 is 5.01. The van der Waals surface area contributed by atoms with Gasteiger partial charge in [0.15, 0.2) is 22.0 Å². The van der Waals surface area contributed by atoms with Gasteiger partial charge in [0, 0.05) is 0 Å². The number of hydrogen-bond acceptors (Lipinski definition) is 9. The summed E-state index contributed by atoms with van der Waals surface area (Å²) in [6.45, 7) is -0.430. The number of aliphatic hydroxyl groups is 3. The third-order valence-electron chi connectivity index (χ3n) is 3.12. The number of aliphatic hydroxyl groups excluding tert-OH is 3. The van der Waals surface area contributed by atoms with E-state index in [1.54, 1.807) is 0 Å². The van der Waals surface area contributed by atoms with E-state index in [1.165, 1.54) is 4.68 Å². The van der Waals surface area contributed by atoms with Crippen LogP contribution in [0.25, 0.3) is 11.2 Å². The van der Waals surface area contributed by atoms with Gasteiger partial charge in [0.1, 0.15) is 18.3 Å². The first-order valence-electron chi connectivity index (χ1n) is 5.76. The molecule has 0 saturated carbocycles. The molecule has 108 valence electrons. The summed E-state index contributed by atoms with van der Waals surface area (Å²) in [5, 5.41) is 36.5. The van der Waals surface area contributed by atoms with E-state index in [9.17, 15) is 10.2 Å². The van der Waals surface area contributed by atoms with Gasteiger partial charge in [-0.3, -0.25) is 0 Å².